The van der Waals surface area contributed by atoms with Crippen LogP contribution >= 0.6 is 0 Å². The largest absolute Gasteiger partial charge is 0.365 e. The summed E-state index contributed by atoms with van der Waals surface area (Å²) in [5, 5.41) is 14.6. The molecule has 2 aromatic heterocycles. The standard InChI is InChI=1S/C23H27N5O3/c1-15-9-16(2)13-26(12-15)20-8-7-18(10-21(20)28(30)31)23(29)24-11-19-14-27-17(3)5-4-6-22(27)25-19/h4-8,10,14-16H,9,11-13H2,1-3H3,(H,24,29)/t15-,16-/m1/s1. The molecular weight excluding hydrogens is 394 g/mol. The maximum Gasteiger partial charge on any atom is 0.293 e. The number of fused-ring (bicyclic) bond motifs is 1. The highest BCUT2D eigenvalue weighted by Gasteiger charge is 2.27. The van der Waals surface area contributed by atoms with Crippen LogP contribution in [0.1, 0.15) is 42.0 Å². The number of rotatable bonds is 5. The fourth-order valence-electron chi connectivity index (χ4n) is 4.49. The van der Waals surface area contributed by atoms with E-state index in [-0.39, 0.29) is 23.7 Å². The van der Waals surface area contributed by atoms with Gasteiger partial charge in [-0.25, -0.2) is 4.98 Å². The predicted molar refractivity (Wildman–Crippen MR) is 119 cm³/mol. The number of aryl methyl sites for hydroxylation is 1. The van der Waals surface area contributed by atoms with Crippen molar-refractivity contribution in [3.63, 3.8) is 0 Å². The molecule has 0 saturated carbocycles. The molecular formula is C23H27N5O3. The number of pyridine rings is 1. The zero-order chi connectivity index (χ0) is 22.1. The molecule has 1 amide bonds. The number of carbonyl (C=O) groups excluding carboxylic acids is 1. The predicted octanol–water partition coefficient (Wildman–Crippen LogP) is 3.96. The summed E-state index contributed by atoms with van der Waals surface area (Å²) in [7, 11) is 0. The molecule has 162 valence electrons. The van der Waals surface area contributed by atoms with Crippen molar-refractivity contribution < 1.29 is 9.72 Å². The number of nitro groups is 1. The number of hydrogen-bond acceptors (Lipinski definition) is 5. The number of amides is 1. The Balaban J connectivity index is 1.52. The second-order valence-electron chi connectivity index (χ2n) is 8.62. The second-order valence-corrected chi connectivity index (χ2v) is 8.62. The van der Waals surface area contributed by atoms with E-state index in [1.807, 2.05) is 35.7 Å². The minimum Gasteiger partial charge on any atom is -0.365 e. The number of piperidine rings is 1. The Hall–Kier alpha value is -3.42. The van der Waals surface area contributed by atoms with E-state index >= 15 is 0 Å². The molecule has 2 atom stereocenters. The number of nitrogens with zero attached hydrogens (tertiary/aromatic N) is 4. The zero-order valence-electron chi connectivity index (χ0n) is 18.0. The first-order valence-electron chi connectivity index (χ1n) is 10.6. The Labute approximate surface area is 181 Å². The summed E-state index contributed by atoms with van der Waals surface area (Å²) in [6.45, 7) is 8.13. The molecule has 8 nitrogen and oxygen atoms in total. The smallest absolute Gasteiger partial charge is 0.293 e. The summed E-state index contributed by atoms with van der Waals surface area (Å²) in [5.74, 6) is 0.588. The van der Waals surface area contributed by atoms with Crippen molar-refractivity contribution in [2.75, 3.05) is 18.0 Å². The summed E-state index contributed by atoms with van der Waals surface area (Å²) >= 11 is 0. The van der Waals surface area contributed by atoms with Crippen LogP contribution in [0.15, 0.2) is 42.6 Å². The lowest BCUT2D eigenvalue weighted by Crippen LogP contribution is -2.39. The van der Waals surface area contributed by atoms with Crippen LogP contribution in [0.2, 0.25) is 0 Å². The van der Waals surface area contributed by atoms with Crippen LogP contribution in [0, 0.1) is 28.9 Å². The topological polar surface area (TPSA) is 92.8 Å². The fraction of sp³-hybridized carbons (Fsp3) is 0.391. The number of hydrogen-bond donors (Lipinski definition) is 1. The van der Waals surface area contributed by atoms with E-state index in [2.05, 4.69) is 29.0 Å². The summed E-state index contributed by atoms with van der Waals surface area (Å²) in [6, 6.07) is 10.6. The van der Waals surface area contributed by atoms with Crippen molar-refractivity contribution in [1.82, 2.24) is 14.7 Å². The summed E-state index contributed by atoms with van der Waals surface area (Å²) in [6.07, 6.45) is 3.00. The number of benzene rings is 1. The molecule has 0 unspecified atom stereocenters. The van der Waals surface area contributed by atoms with Gasteiger partial charge in [-0.05, 0) is 49.4 Å². The van der Waals surface area contributed by atoms with E-state index in [1.54, 1.807) is 12.1 Å². The molecule has 3 heterocycles. The summed E-state index contributed by atoms with van der Waals surface area (Å²) < 4.78 is 1.96. The van der Waals surface area contributed by atoms with Gasteiger partial charge in [0.15, 0.2) is 0 Å². The van der Waals surface area contributed by atoms with Crippen molar-refractivity contribution in [1.29, 1.82) is 0 Å². The van der Waals surface area contributed by atoms with E-state index in [4.69, 9.17) is 0 Å². The molecule has 0 bridgehead atoms. The van der Waals surface area contributed by atoms with Crippen LogP contribution in [0.5, 0.6) is 0 Å². The van der Waals surface area contributed by atoms with E-state index in [0.717, 1.165) is 36.5 Å². The number of anilines is 1. The average molecular weight is 422 g/mol. The molecule has 1 aliphatic heterocycles. The first kappa shape index (κ1) is 20.8. The molecule has 1 aliphatic rings. The third kappa shape index (κ3) is 4.38. The lowest BCUT2D eigenvalue weighted by molar-refractivity contribution is -0.384. The molecule has 1 saturated heterocycles. The van der Waals surface area contributed by atoms with Gasteiger partial charge in [0.05, 0.1) is 17.2 Å². The first-order chi connectivity index (χ1) is 14.8. The van der Waals surface area contributed by atoms with Crippen LogP contribution in [-0.4, -0.2) is 33.3 Å². The minimum atomic E-state index is -0.402. The number of imidazole rings is 1. The van der Waals surface area contributed by atoms with Crippen molar-refractivity contribution in [2.45, 2.75) is 33.7 Å². The van der Waals surface area contributed by atoms with Crippen LogP contribution < -0.4 is 10.2 Å². The van der Waals surface area contributed by atoms with Gasteiger partial charge in [-0.2, -0.15) is 0 Å². The molecule has 8 heteroatoms. The number of carbonyl (C=O) groups is 1. The van der Waals surface area contributed by atoms with Gasteiger partial charge in [-0.1, -0.05) is 19.9 Å². The lowest BCUT2D eigenvalue weighted by atomic mass is 9.91. The van der Waals surface area contributed by atoms with Gasteiger partial charge in [-0.3, -0.25) is 14.9 Å². The molecule has 0 spiro atoms. The normalized spacial score (nSPS) is 18.9. The van der Waals surface area contributed by atoms with Gasteiger partial charge in [-0.15, -0.1) is 0 Å². The lowest BCUT2D eigenvalue weighted by Gasteiger charge is -2.36. The van der Waals surface area contributed by atoms with Gasteiger partial charge >= 0.3 is 0 Å². The monoisotopic (exact) mass is 421 g/mol. The van der Waals surface area contributed by atoms with E-state index in [0.29, 0.717) is 17.5 Å². The fourth-order valence-corrected chi connectivity index (χ4v) is 4.49. The van der Waals surface area contributed by atoms with Crippen molar-refractivity contribution in [3.8, 4) is 0 Å². The maximum absolute atomic E-state index is 12.7. The highest BCUT2D eigenvalue weighted by molar-refractivity contribution is 5.95. The SMILES string of the molecule is Cc1cccc2nc(CNC(=O)c3ccc(N4C[C@H](C)C[C@@H](C)C4)c([N+](=O)[O-])c3)cn12. The quantitative estimate of drug-likeness (QED) is 0.497. The third-order valence-corrected chi connectivity index (χ3v) is 5.82. The van der Waals surface area contributed by atoms with Gasteiger partial charge in [0, 0.05) is 36.6 Å². The third-order valence-electron chi connectivity index (χ3n) is 5.82. The van der Waals surface area contributed by atoms with Crippen molar-refractivity contribution in [2.24, 2.45) is 11.8 Å². The first-order valence-corrected chi connectivity index (χ1v) is 10.6. The molecule has 1 N–H and O–H groups in total. The summed E-state index contributed by atoms with van der Waals surface area (Å²) in [5.41, 5.74) is 3.41. The molecule has 1 fully saturated rings. The van der Waals surface area contributed by atoms with Gasteiger partial charge in [0.2, 0.25) is 0 Å². The Morgan fingerprint density at radius 3 is 2.65 bits per heavy atom. The Morgan fingerprint density at radius 2 is 1.97 bits per heavy atom. The van der Waals surface area contributed by atoms with Crippen LogP contribution in [0.4, 0.5) is 11.4 Å². The molecule has 1 aromatic carbocycles. The van der Waals surface area contributed by atoms with Crippen LogP contribution in [0.3, 0.4) is 0 Å². The van der Waals surface area contributed by atoms with Gasteiger partial charge in [0.25, 0.3) is 11.6 Å². The molecule has 3 aromatic rings. The Morgan fingerprint density at radius 1 is 1.23 bits per heavy atom. The Kier molecular flexibility index (Phi) is 5.63. The van der Waals surface area contributed by atoms with E-state index < -0.39 is 4.92 Å². The zero-order valence-corrected chi connectivity index (χ0v) is 18.0. The number of nitro benzene ring substituents is 1. The highest BCUT2D eigenvalue weighted by Crippen LogP contribution is 2.33. The molecule has 4 rings (SSSR count). The van der Waals surface area contributed by atoms with E-state index in [1.165, 1.54) is 6.07 Å². The Bertz CT molecular complexity index is 1130. The van der Waals surface area contributed by atoms with Gasteiger partial charge in [0.1, 0.15) is 11.3 Å². The van der Waals surface area contributed by atoms with E-state index in [9.17, 15) is 14.9 Å². The van der Waals surface area contributed by atoms with Crippen molar-refractivity contribution >= 4 is 22.9 Å². The number of aromatic nitrogens is 2. The molecule has 31 heavy (non-hydrogen) atoms. The average Bonchev–Trinajstić information content (AvgIpc) is 3.15. The minimum absolute atomic E-state index is 0.0303. The van der Waals surface area contributed by atoms with Gasteiger partial charge < -0.3 is 14.6 Å². The molecule has 0 aliphatic carbocycles. The van der Waals surface area contributed by atoms with Crippen LogP contribution in [-0.2, 0) is 6.54 Å². The number of nitrogens with one attached hydrogen (secondary N) is 1. The second kappa shape index (κ2) is 8.37. The highest BCUT2D eigenvalue weighted by atomic mass is 16.6. The summed E-state index contributed by atoms with van der Waals surface area (Å²) in [4.78, 5) is 30.6. The maximum atomic E-state index is 12.7. The van der Waals surface area contributed by atoms with Crippen LogP contribution in [0.25, 0.3) is 5.65 Å². The van der Waals surface area contributed by atoms with Crippen molar-refractivity contribution in [3.05, 3.63) is 69.7 Å². The molecule has 0 radical (unpaired) electrons.